The minimum absolute atomic E-state index is 0.527. The molecule has 0 amide bonds. The molecule has 16 heteroatoms. The van der Waals surface area contributed by atoms with E-state index >= 15 is 0 Å². The molecule has 0 saturated carbocycles. The summed E-state index contributed by atoms with van der Waals surface area (Å²) in [5, 5.41) is 0. The molecule has 0 fully saturated rings. The van der Waals surface area contributed by atoms with Crippen LogP contribution in [-0.4, -0.2) is 65.6 Å². The van der Waals surface area contributed by atoms with Gasteiger partial charge in [-0.15, -0.1) is 0 Å². The fourth-order valence-corrected chi connectivity index (χ4v) is 2.59. The summed E-state index contributed by atoms with van der Waals surface area (Å²) in [5.41, 5.74) is -1.48. The Labute approximate surface area is 124 Å². The molecule has 0 heterocycles. The van der Waals surface area contributed by atoms with Crippen molar-refractivity contribution in [2.24, 2.45) is 5.41 Å². The van der Waals surface area contributed by atoms with Crippen LogP contribution in [0.3, 0.4) is 0 Å². The summed E-state index contributed by atoms with van der Waals surface area (Å²) in [5.74, 6) is 0. The molecular weight excluding hydrogens is 376 g/mol. The standard InChI is InChI=1S/C5H16O12P4/c6-18(7)14-1-5(2-15-19(8)9,3-16-20(10)11)4-17-21(12)13/h6-13H,1-4H2. The van der Waals surface area contributed by atoms with E-state index in [1.807, 2.05) is 0 Å². The van der Waals surface area contributed by atoms with Gasteiger partial charge in [0.2, 0.25) is 0 Å². The van der Waals surface area contributed by atoms with Crippen molar-refractivity contribution in [1.82, 2.24) is 0 Å². The zero-order valence-electron chi connectivity index (χ0n) is 10.3. The third-order valence-corrected chi connectivity index (χ3v) is 3.38. The normalized spacial score (nSPS) is 13.1. The molecule has 0 atom stereocenters. The monoisotopic (exact) mass is 392 g/mol. The van der Waals surface area contributed by atoms with Crippen LogP contribution >= 0.6 is 34.4 Å². The van der Waals surface area contributed by atoms with Crippen molar-refractivity contribution in [2.75, 3.05) is 26.4 Å². The third kappa shape index (κ3) is 12.3. The summed E-state index contributed by atoms with van der Waals surface area (Å²) in [4.78, 5) is 69.9. The zero-order valence-corrected chi connectivity index (χ0v) is 13.9. The highest BCUT2D eigenvalue weighted by molar-refractivity contribution is 7.40. The average molecular weight is 392 g/mol. The fourth-order valence-electron chi connectivity index (χ4n) is 1.03. The van der Waals surface area contributed by atoms with E-state index in [1.165, 1.54) is 0 Å². The van der Waals surface area contributed by atoms with Crippen molar-refractivity contribution >= 4 is 34.4 Å². The van der Waals surface area contributed by atoms with Gasteiger partial charge in [0.05, 0.1) is 31.8 Å². The van der Waals surface area contributed by atoms with Crippen molar-refractivity contribution in [1.29, 1.82) is 0 Å². The van der Waals surface area contributed by atoms with E-state index in [2.05, 4.69) is 18.1 Å². The van der Waals surface area contributed by atoms with Gasteiger partial charge in [-0.25, -0.2) is 0 Å². The summed E-state index contributed by atoms with van der Waals surface area (Å²) in [6, 6.07) is 0. The first-order valence-corrected chi connectivity index (χ1v) is 9.56. The van der Waals surface area contributed by atoms with Gasteiger partial charge in [0.25, 0.3) is 0 Å². The molecule has 0 unspecified atom stereocenters. The number of rotatable bonds is 12. The Bertz CT molecular complexity index is 211. The maximum Gasteiger partial charge on any atom is 0.327 e. The number of hydrogen-bond acceptors (Lipinski definition) is 12. The minimum Gasteiger partial charge on any atom is -0.328 e. The van der Waals surface area contributed by atoms with Gasteiger partial charge in [-0.05, 0) is 0 Å². The van der Waals surface area contributed by atoms with E-state index in [0.29, 0.717) is 0 Å². The molecule has 0 aromatic carbocycles. The molecule has 0 aliphatic rings. The molecule has 0 aromatic rings. The van der Waals surface area contributed by atoms with Gasteiger partial charge in [-0.3, -0.25) is 0 Å². The van der Waals surface area contributed by atoms with E-state index < -0.39 is 66.3 Å². The lowest BCUT2D eigenvalue weighted by Gasteiger charge is -2.32. The van der Waals surface area contributed by atoms with Gasteiger partial charge in [-0.2, -0.15) is 0 Å². The highest BCUT2D eigenvalue weighted by Crippen LogP contribution is 2.39. The Kier molecular flexibility index (Phi) is 12.4. The van der Waals surface area contributed by atoms with Crippen molar-refractivity contribution < 1.29 is 57.2 Å². The van der Waals surface area contributed by atoms with Gasteiger partial charge < -0.3 is 57.2 Å². The molecule has 0 saturated heterocycles. The summed E-state index contributed by atoms with van der Waals surface area (Å²) < 4.78 is 18.3. The van der Waals surface area contributed by atoms with Crippen LogP contribution in [0.5, 0.6) is 0 Å². The van der Waals surface area contributed by atoms with Gasteiger partial charge in [-0.1, -0.05) is 0 Å². The molecule has 0 aliphatic carbocycles. The molecule has 0 aliphatic heterocycles. The van der Waals surface area contributed by atoms with Crippen LogP contribution in [0.15, 0.2) is 0 Å². The van der Waals surface area contributed by atoms with Crippen LogP contribution in [0.25, 0.3) is 0 Å². The molecule has 0 aromatic heterocycles. The Morgan fingerprint density at radius 1 is 0.476 bits per heavy atom. The SMILES string of the molecule is OP(O)OCC(COP(O)O)(COP(O)O)COP(O)O. The van der Waals surface area contributed by atoms with E-state index in [1.54, 1.807) is 0 Å². The van der Waals surface area contributed by atoms with Gasteiger partial charge in [0.15, 0.2) is 0 Å². The highest BCUT2D eigenvalue weighted by Gasteiger charge is 2.36. The molecule has 128 valence electrons. The van der Waals surface area contributed by atoms with Crippen molar-refractivity contribution in [2.45, 2.75) is 0 Å². The van der Waals surface area contributed by atoms with Gasteiger partial charge >= 0.3 is 34.4 Å². The van der Waals surface area contributed by atoms with Gasteiger partial charge in [0, 0.05) is 0 Å². The second-order valence-corrected chi connectivity index (χ2v) is 6.66. The maximum absolute atomic E-state index is 8.74. The predicted octanol–water partition coefficient (Wildman–Crippen LogP) is -1.11. The van der Waals surface area contributed by atoms with Crippen LogP contribution < -0.4 is 0 Å². The molecule has 8 N–H and O–H groups in total. The molecule has 0 radical (unpaired) electrons. The van der Waals surface area contributed by atoms with Crippen molar-refractivity contribution in [3.05, 3.63) is 0 Å². The Hall–Kier alpha value is 1.24. The third-order valence-electron chi connectivity index (χ3n) is 1.94. The Morgan fingerprint density at radius 2 is 0.667 bits per heavy atom. The highest BCUT2D eigenvalue weighted by atomic mass is 31.2. The molecule has 0 bridgehead atoms. The topological polar surface area (TPSA) is 199 Å². The smallest absolute Gasteiger partial charge is 0.327 e. The summed E-state index contributed by atoms with van der Waals surface area (Å²) >= 11 is 0. The summed E-state index contributed by atoms with van der Waals surface area (Å²) in [7, 11) is -11.1. The zero-order chi connectivity index (χ0) is 16.5. The first-order valence-electron chi connectivity index (χ1n) is 4.90. The maximum atomic E-state index is 8.74. The van der Waals surface area contributed by atoms with E-state index in [9.17, 15) is 0 Å². The number of hydrogen-bond donors (Lipinski definition) is 8. The molecule has 0 spiro atoms. The van der Waals surface area contributed by atoms with Crippen LogP contribution in [0.1, 0.15) is 0 Å². The lowest BCUT2D eigenvalue weighted by molar-refractivity contribution is -0.0137. The van der Waals surface area contributed by atoms with Crippen molar-refractivity contribution in [3.63, 3.8) is 0 Å². The van der Waals surface area contributed by atoms with Crippen LogP contribution in [0, 0.1) is 5.41 Å². The minimum atomic E-state index is -2.77. The van der Waals surface area contributed by atoms with Crippen LogP contribution in [-0.2, 0) is 18.1 Å². The second-order valence-electron chi connectivity index (χ2n) is 3.60. The van der Waals surface area contributed by atoms with E-state index in [0.717, 1.165) is 0 Å². The summed E-state index contributed by atoms with van der Waals surface area (Å²) in [6.45, 7) is -2.11. The molecule has 0 rings (SSSR count). The predicted molar refractivity (Wildman–Crippen MR) is 71.7 cm³/mol. The van der Waals surface area contributed by atoms with E-state index in [-0.39, 0.29) is 0 Å². The Balaban J connectivity index is 4.85. The average Bonchev–Trinajstić information content (AvgIpc) is 2.36. The fraction of sp³-hybridized carbons (Fsp3) is 1.00. The molecule has 12 nitrogen and oxygen atoms in total. The van der Waals surface area contributed by atoms with Crippen LogP contribution in [0.4, 0.5) is 0 Å². The van der Waals surface area contributed by atoms with Crippen LogP contribution in [0.2, 0.25) is 0 Å². The van der Waals surface area contributed by atoms with Gasteiger partial charge in [0.1, 0.15) is 0 Å². The largest absolute Gasteiger partial charge is 0.328 e. The second kappa shape index (κ2) is 11.7. The lowest BCUT2D eigenvalue weighted by Crippen LogP contribution is -2.40. The molecular formula is C5H16O12P4. The molecule has 21 heavy (non-hydrogen) atoms. The lowest BCUT2D eigenvalue weighted by atomic mass is 9.93. The first-order chi connectivity index (χ1) is 9.67. The quantitative estimate of drug-likeness (QED) is 0.187. The van der Waals surface area contributed by atoms with E-state index in [4.69, 9.17) is 39.1 Å². The summed E-state index contributed by atoms with van der Waals surface area (Å²) in [6.07, 6.45) is 0. The first kappa shape index (κ1) is 22.2. The van der Waals surface area contributed by atoms with Crippen molar-refractivity contribution in [3.8, 4) is 0 Å². The Morgan fingerprint density at radius 3 is 0.810 bits per heavy atom.